The first kappa shape index (κ1) is 14.2. The topological polar surface area (TPSA) is 81.4 Å². The van der Waals surface area contributed by atoms with Crippen LogP contribution >= 0.6 is 0 Å². The van der Waals surface area contributed by atoms with Crippen molar-refractivity contribution in [3.8, 4) is 0 Å². The Kier molecular flexibility index (Phi) is 5.87. The second-order valence-electron chi connectivity index (χ2n) is 3.95. The van der Waals surface area contributed by atoms with Crippen LogP contribution in [-0.2, 0) is 27.3 Å². The summed E-state index contributed by atoms with van der Waals surface area (Å²) in [5, 5.41) is 0. The Bertz CT molecular complexity index is 401. The minimum atomic E-state index is -0.620. The molecule has 0 aliphatic heterocycles. The second kappa shape index (κ2) is 7.45. The van der Waals surface area contributed by atoms with E-state index >= 15 is 0 Å². The van der Waals surface area contributed by atoms with Crippen molar-refractivity contribution in [2.45, 2.75) is 26.2 Å². The molecule has 0 aromatic heterocycles. The molecule has 2 amide bonds. The highest BCUT2D eigenvalue weighted by Crippen LogP contribution is 2.07. The number of hydroxylamine groups is 1. The second-order valence-corrected chi connectivity index (χ2v) is 3.95. The van der Waals surface area contributed by atoms with Crippen LogP contribution < -0.4 is 11.2 Å². The van der Waals surface area contributed by atoms with E-state index in [1.54, 1.807) is 0 Å². The minimum Gasteiger partial charge on any atom is -0.368 e. The van der Waals surface area contributed by atoms with Gasteiger partial charge in [-0.2, -0.15) is 0 Å². The van der Waals surface area contributed by atoms with Gasteiger partial charge >= 0.3 is 0 Å². The number of aryl methyl sites for hydroxylation is 2. The average molecular weight is 250 g/mol. The summed E-state index contributed by atoms with van der Waals surface area (Å²) >= 11 is 0. The number of nitrogens with two attached hydrogens (primary N) is 1. The summed E-state index contributed by atoms with van der Waals surface area (Å²) in [5.74, 6) is -0.888. The minimum absolute atomic E-state index is 0.268. The number of rotatable bonds is 7. The van der Waals surface area contributed by atoms with Crippen molar-refractivity contribution in [3.05, 3.63) is 35.4 Å². The number of nitrogens with one attached hydrogen (secondary N) is 1. The van der Waals surface area contributed by atoms with Crippen LogP contribution in [0.2, 0.25) is 0 Å². The van der Waals surface area contributed by atoms with Gasteiger partial charge in [-0.3, -0.25) is 14.4 Å². The molecular weight excluding hydrogens is 232 g/mol. The predicted molar refractivity (Wildman–Crippen MR) is 67.4 cm³/mol. The van der Waals surface area contributed by atoms with Gasteiger partial charge in [0, 0.05) is 6.42 Å². The van der Waals surface area contributed by atoms with Gasteiger partial charge in [0.2, 0.25) is 11.8 Å². The summed E-state index contributed by atoms with van der Waals surface area (Å²) in [6.45, 7) is 1.79. The molecule has 98 valence electrons. The molecular formula is C13H18N2O3. The highest BCUT2D eigenvalue weighted by Gasteiger charge is 2.03. The molecule has 5 heteroatoms. The van der Waals surface area contributed by atoms with E-state index in [9.17, 15) is 9.59 Å². The average Bonchev–Trinajstić information content (AvgIpc) is 2.36. The Labute approximate surface area is 106 Å². The molecule has 0 heterocycles. The van der Waals surface area contributed by atoms with Crippen molar-refractivity contribution >= 4 is 11.8 Å². The van der Waals surface area contributed by atoms with Gasteiger partial charge in [-0.25, -0.2) is 5.48 Å². The molecule has 0 bridgehead atoms. The maximum atomic E-state index is 11.3. The molecule has 0 fully saturated rings. The number of primary amides is 1. The van der Waals surface area contributed by atoms with Crippen LogP contribution in [0.1, 0.15) is 24.5 Å². The van der Waals surface area contributed by atoms with E-state index in [1.807, 2.05) is 12.1 Å². The van der Waals surface area contributed by atoms with E-state index in [0.29, 0.717) is 12.8 Å². The SMILES string of the molecule is CCc1ccc(CCC(=O)NOCC(N)=O)cc1. The maximum absolute atomic E-state index is 11.3. The number of hydrogen-bond acceptors (Lipinski definition) is 3. The highest BCUT2D eigenvalue weighted by molar-refractivity contribution is 5.77. The van der Waals surface area contributed by atoms with Crippen LogP contribution in [0.15, 0.2) is 24.3 Å². The van der Waals surface area contributed by atoms with Crippen LogP contribution in [0.25, 0.3) is 0 Å². The van der Waals surface area contributed by atoms with E-state index in [2.05, 4.69) is 29.4 Å². The Morgan fingerprint density at radius 3 is 2.39 bits per heavy atom. The van der Waals surface area contributed by atoms with Gasteiger partial charge < -0.3 is 5.73 Å². The normalized spacial score (nSPS) is 10.1. The molecule has 0 atom stereocenters. The van der Waals surface area contributed by atoms with Crippen LogP contribution in [0.5, 0.6) is 0 Å². The van der Waals surface area contributed by atoms with Crippen LogP contribution in [0.3, 0.4) is 0 Å². The number of benzene rings is 1. The van der Waals surface area contributed by atoms with Crippen molar-refractivity contribution in [2.24, 2.45) is 5.73 Å². The summed E-state index contributed by atoms with van der Waals surface area (Å²) in [6.07, 6.45) is 1.95. The van der Waals surface area contributed by atoms with Gasteiger partial charge in [-0.15, -0.1) is 0 Å². The van der Waals surface area contributed by atoms with E-state index in [4.69, 9.17) is 5.73 Å². The molecule has 3 N–H and O–H groups in total. The van der Waals surface area contributed by atoms with E-state index < -0.39 is 5.91 Å². The molecule has 0 saturated heterocycles. The van der Waals surface area contributed by atoms with E-state index in [-0.39, 0.29) is 12.5 Å². The zero-order chi connectivity index (χ0) is 13.4. The fourth-order valence-corrected chi connectivity index (χ4v) is 1.44. The quantitative estimate of drug-likeness (QED) is 0.699. The van der Waals surface area contributed by atoms with Crippen LogP contribution in [-0.4, -0.2) is 18.4 Å². The maximum Gasteiger partial charge on any atom is 0.246 e. The van der Waals surface area contributed by atoms with Gasteiger partial charge in [-0.1, -0.05) is 31.2 Å². The fourth-order valence-electron chi connectivity index (χ4n) is 1.44. The summed E-state index contributed by atoms with van der Waals surface area (Å²) in [6, 6.07) is 8.13. The fraction of sp³-hybridized carbons (Fsp3) is 0.385. The molecule has 1 aromatic rings. The lowest BCUT2D eigenvalue weighted by molar-refractivity contribution is -0.137. The molecule has 0 aliphatic carbocycles. The Morgan fingerprint density at radius 1 is 1.22 bits per heavy atom. The van der Waals surface area contributed by atoms with Crippen molar-refractivity contribution in [2.75, 3.05) is 6.61 Å². The molecule has 0 spiro atoms. The lowest BCUT2D eigenvalue weighted by Crippen LogP contribution is -2.29. The molecule has 0 saturated carbocycles. The van der Waals surface area contributed by atoms with Gasteiger partial charge in [0.1, 0.15) is 0 Å². The Balaban J connectivity index is 2.26. The molecule has 1 aromatic carbocycles. The van der Waals surface area contributed by atoms with Gasteiger partial charge in [0.25, 0.3) is 0 Å². The van der Waals surface area contributed by atoms with Crippen molar-refractivity contribution in [3.63, 3.8) is 0 Å². The zero-order valence-corrected chi connectivity index (χ0v) is 10.4. The molecule has 0 radical (unpaired) electrons. The third-order valence-electron chi connectivity index (χ3n) is 2.47. The van der Waals surface area contributed by atoms with Crippen molar-refractivity contribution < 1.29 is 14.4 Å². The molecule has 1 rings (SSSR count). The predicted octanol–water partition coefficient (Wildman–Crippen LogP) is 0.715. The lowest BCUT2D eigenvalue weighted by atomic mass is 10.1. The largest absolute Gasteiger partial charge is 0.368 e. The third-order valence-corrected chi connectivity index (χ3v) is 2.47. The molecule has 0 unspecified atom stereocenters. The van der Waals surface area contributed by atoms with Gasteiger partial charge in [0.15, 0.2) is 6.61 Å². The van der Waals surface area contributed by atoms with Gasteiger partial charge in [0.05, 0.1) is 0 Å². The third kappa shape index (κ3) is 5.45. The van der Waals surface area contributed by atoms with E-state index in [1.165, 1.54) is 5.56 Å². The van der Waals surface area contributed by atoms with Crippen LogP contribution in [0.4, 0.5) is 0 Å². The first-order valence-corrected chi connectivity index (χ1v) is 5.88. The number of amides is 2. The van der Waals surface area contributed by atoms with E-state index in [0.717, 1.165) is 12.0 Å². The number of hydrogen-bond donors (Lipinski definition) is 2. The number of carbonyl (C=O) groups is 2. The summed E-state index contributed by atoms with van der Waals surface area (Å²) < 4.78 is 0. The van der Waals surface area contributed by atoms with Crippen molar-refractivity contribution in [1.82, 2.24) is 5.48 Å². The lowest BCUT2D eigenvalue weighted by Gasteiger charge is -2.05. The zero-order valence-electron chi connectivity index (χ0n) is 10.4. The Hall–Kier alpha value is -1.88. The summed E-state index contributed by atoms with van der Waals surface area (Å²) in [5.41, 5.74) is 9.39. The van der Waals surface area contributed by atoms with Crippen molar-refractivity contribution in [1.29, 1.82) is 0 Å². The molecule has 0 aliphatic rings. The Morgan fingerprint density at radius 2 is 1.83 bits per heavy atom. The smallest absolute Gasteiger partial charge is 0.246 e. The highest BCUT2D eigenvalue weighted by atomic mass is 16.7. The summed E-state index contributed by atoms with van der Waals surface area (Å²) in [4.78, 5) is 26.3. The summed E-state index contributed by atoms with van der Waals surface area (Å²) in [7, 11) is 0. The first-order valence-electron chi connectivity index (χ1n) is 5.88. The number of carbonyl (C=O) groups excluding carboxylic acids is 2. The van der Waals surface area contributed by atoms with Crippen LogP contribution in [0, 0.1) is 0 Å². The first-order chi connectivity index (χ1) is 8.61. The monoisotopic (exact) mass is 250 g/mol. The molecule has 5 nitrogen and oxygen atoms in total. The standard InChI is InChI=1S/C13H18N2O3/c1-2-10-3-5-11(6-4-10)7-8-13(17)15-18-9-12(14)16/h3-6H,2,7-9H2,1H3,(H2,14,16)(H,15,17). The molecule has 18 heavy (non-hydrogen) atoms. The van der Waals surface area contributed by atoms with Gasteiger partial charge in [-0.05, 0) is 24.0 Å².